The summed E-state index contributed by atoms with van der Waals surface area (Å²) in [5.41, 5.74) is 13.9. The molecule has 0 atom stereocenters. The molecule has 8 rings (SSSR count). The van der Waals surface area contributed by atoms with Gasteiger partial charge >= 0.3 is 21.1 Å². The van der Waals surface area contributed by atoms with Crippen LogP contribution in [0, 0.1) is 6.20 Å². The van der Waals surface area contributed by atoms with Crippen molar-refractivity contribution in [3.05, 3.63) is 155 Å². The quantitative estimate of drug-likeness (QED) is 0.128. The summed E-state index contributed by atoms with van der Waals surface area (Å²) in [5, 5.41) is 13.3. The summed E-state index contributed by atoms with van der Waals surface area (Å²) in [4.78, 5) is 6.93. The summed E-state index contributed by atoms with van der Waals surface area (Å²) in [7, 11) is 0. The Balaban J connectivity index is 0.00000561. The zero-order valence-corrected chi connectivity index (χ0v) is 40.0. The summed E-state index contributed by atoms with van der Waals surface area (Å²) in [6, 6.07) is 41.1. The van der Waals surface area contributed by atoms with Gasteiger partial charge in [0.1, 0.15) is 11.3 Å². The first kappa shape index (κ1) is 43.8. The number of nitrogens with zero attached hydrogens (tertiary/aromatic N) is 4. The molecule has 0 fully saturated rings. The first-order valence-corrected chi connectivity index (χ1v) is 21.4. The molecule has 0 unspecified atom stereocenters. The number of phenols is 1. The number of pyridine rings is 1. The first-order chi connectivity index (χ1) is 28.4. The number of phenolic OH excluding ortho intramolecular Hbond substituents is 1. The summed E-state index contributed by atoms with van der Waals surface area (Å²) < 4.78 is 4.45. The maximum absolute atomic E-state index is 12.2. The number of fused-ring (bicyclic) bond motifs is 2. The van der Waals surface area contributed by atoms with Gasteiger partial charge in [0.15, 0.2) is 0 Å². The Hall–Kier alpha value is -5.25. The fourth-order valence-corrected chi connectivity index (χ4v) is 8.86. The van der Waals surface area contributed by atoms with Crippen LogP contribution in [-0.4, -0.2) is 25.6 Å². The van der Waals surface area contributed by atoms with Crippen LogP contribution in [0.4, 0.5) is 17.1 Å². The fraction of sp³-hybridized carbons (Fsp3) is 0.309. The Bertz CT molecular complexity index is 2750. The molecule has 1 aliphatic rings. The van der Waals surface area contributed by atoms with Crippen LogP contribution in [0.1, 0.15) is 123 Å². The third kappa shape index (κ3) is 7.80. The van der Waals surface area contributed by atoms with Gasteiger partial charge in [-0.2, -0.15) is 0 Å². The number of aromatic nitrogens is 2. The van der Waals surface area contributed by atoms with Gasteiger partial charge in [0, 0.05) is 23.1 Å². The van der Waals surface area contributed by atoms with Crippen LogP contribution in [0.5, 0.6) is 5.75 Å². The number of aromatic hydroxyl groups is 1. The van der Waals surface area contributed by atoms with Gasteiger partial charge < -0.3 is 19.1 Å². The zero-order chi connectivity index (χ0) is 42.9. The zero-order valence-electron chi connectivity index (χ0n) is 37.8. The van der Waals surface area contributed by atoms with Crippen molar-refractivity contribution < 1.29 is 30.7 Å². The second-order valence-electron chi connectivity index (χ2n) is 19.6. The molecule has 61 heavy (non-hydrogen) atoms. The Labute approximate surface area is 378 Å². The van der Waals surface area contributed by atoms with Crippen molar-refractivity contribution in [1.82, 2.24) is 9.55 Å². The molecule has 6 heteroatoms. The number of rotatable bonds is 7. The predicted molar refractivity (Wildman–Crippen MR) is 251 cm³/mol. The summed E-state index contributed by atoms with van der Waals surface area (Å²) in [5.74, 6) is 1.01. The summed E-state index contributed by atoms with van der Waals surface area (Å²) in [6.07, 6.45) is 9.56. The number of benzene rings is 5. The van der Waals surface area contributed by atoms with Crippen molar-refractivity contribution in [2.24, 2.45) is 0 Å². The standard InChI is InChI=1S/C55H59N4O.Pt/c1-35(2)39-20-19-21-40(36(3)4)51(39)37-27-28-46-41(30-37)42(45-23-17-18-29-56-45)33-57(46)48-25-15-16-26-49(48)59-34-58(47-24-14-13-22-43(47)55(59,11)12)50-32-38(53(5,6)7)31-44(52(50)60)54(8,9)10;/h13-32,35-36,60H,1-12H3;/q-1;+2. The average Bonchev–Trinajstić information content (AvgIpc) is 3.59. The van der Waals surface area contributed by atoms with E-state index < -0.39 is 5.54 Å². The summed E-state index contributed by atoms with van der Waals surface area (Å²) >= 11 is 0. The van der Waals surface area contributed by atoms with E-state index in [-0.39, 0.29) is 37.6 Å². The van der Waals surface area contributed by atoms with E-state index in [1.165, 1.54) is 22.3 Å². The van der Waals surface area contributed by atoms with Crippen molar-refractivity contribution >= 4 is 34.3 Å². The van der Waals surface area contributed by atoms with E-state index in [0.717, 1.165) is 55.9 Å². The van der Waals surface area contributed by atoms with Crippen LogP contribution < -0.4 is 4.90 Å². The first-order valence-electron chi connectivity index (χ1n) is 21.4. The minimum absolute atomic E-state index is 0. The minimum atomic E-state index is -0.527. The van der Waals surface area contributed by atoms with Crippen molar-refractivity contribution in [2.45, 2.75) is 111 Å². The number of hydrogen-bond acceptors (Lipinski definition) is 3. The molecule has 5 aromatic carbocycles. The minimum Gasteiger partial charge on any atom is -0.513 e. The third-order valence-corrected chi connectivity index (χ3v) is 12.2. The van der Waals surface area contributed by atoms with Gasteiger partial charge in [-0.05, 0) is 93.4 Å². The van der Waals surface area contributed by atoms with Crippen LogP contribution in [0.2, 0.25) is 0 Å². The van der Waals surface area contributed by atoms with Crippen LogP contribution >= 0.6 is 0 Å². The Morgan fingerprint density at radius 3 is 1.95 bits per heavy atom. The van der Waals surface area contributed by atoms with Crippen molar-refractivity contribution in [3.63, 3.8) is 0 Å². The van der Waals surface area contributed by atoms with E-state index in [1.54, 1.807) is 0 Å². The molecule has 1 N–H and O–H groups in total. The third-order valence-electron chi connectivity index (χ3n) is 12.2. The molecular formula is C55H59N4OPt+. The normalized spacial score (nSPS) is 14.0. The second kappa shape index (κ2) is 16.2. The van der Waals surface area contributed by atoms with Gasteiger partial charge in [0.05, 0.1) is 11.4 Å². The number of anilines is 2. The molecule has 0 saturated heterocycles. The maximum Gasteiger partial charge on any atom is 2.00 e. The van der Waals surface area contributed by atoms with Gasteiger partial charge in [-0.3, -0.25) is 4.98 Å². The molecule has 5 nitrogen and oxygen atoms in total. The van der Waals surface area contributed by atoms with Gasteiger partial charge in [-0.1, -0.05) is 189 Å². The van der Waals surface area contributed by atoms with Crippen LogP contribution in [-0.2, 0) is 37.4 Å². The molecule has 0 radical (unpaired) electrons. The van der Waals surface area contributed by atoms with Crippen molar-refractivity contribution in [2.75, 3.05) is 4.90 Å². The monoisotopic (exact) mass is 986 g/mol. The van der Waals surface area contributed by atoms with E-state index >= 15 is 0 Å². The molecule has 3 heterocycles. The number of para-hydroxylation sites is 3. The molecule has 7 aromatic rings. The molecule has 0 aliphatic carbocycles. The van der Waals surface area contributed by atoms with E-state index in [9.17, 15) is 5.11 Å². The van der Waals surface area contributed by atoms with Crippen LogP contribution in [0.3, 0.4) is 0 Å². The summed E-state index contributed by atoms with van der Waals surface area (Å²) in [6.45, 7) is 26.8. The van der Waals surface area contributed by atoms with Gasteiger partial charge in [-0.15, -0.1) is 0 Å². The van der Waals surface area contributed by atoms with Gasteiger partial charge in [-0.25, -0.2) is 0 Å². The van der Waals surface area contributed by atoms with Gasteiger partial charge in [0.2, 0.25) is 6.34 Å². The van der Waals surface area contributed by atoms with E-state index in [0.29, 0.717) is 17.5 Å². The number of hydrogen-bond donors (Lipinski definition) is 1. The predicted octanol–water partition coefficient (Wildman–Crippen LogP) is 14.3. The molecule has 0 spiro atoms. The van der Waals surface area contributed by atoms with E-state index in [2.05, 4.69) is 213 Å². The molecule has 314 valence electrons. The largest absolute Gasteiger partial charge is 2.00 e. The smallest absolute Gasteiger partial charge is 0.513 e. The van der Waals surface area contributed by atoms with Crippen molar-refractivity contribution in [1.29, 1.82) is 0 Å². The van der Waals surface area contributed by atoms with Crippen LogP contribution in [0.25, 0.3) is 39.0 Å². The average molecular weight is 987 g/mol. The molecule has 0 bridgehead atoms. The van der Waals surface area contributed by atoms with Gasteiger partial charge in [0.25, 0.3) is 0 Å². The molecule has 0 amide bonds. The second-order valence-corrected chi connectivity index (χ2v) is 19.6. The molecule has 2 aromatic heterocycles. The molecule has 0 saturated carbocycles. The SMILES string of the molecule is CC(C)c1cccc(C(C)C)c1-c1ccc2c(c1)c(-c1ccccn1)[c-]n2-c1ccccc1[N+]1=[C-]N(c2cc(C(C)(C)C)cc(C(C)(C)C)c2O)c2ccccc2C1(C)C.[Pt+2]. The Kier molecular flexibility index (Phi) is 11.7. The fourth-order valence-electron chi connectivity index (χ4n) is 8.86. The van der Waals surface area contributed by atoms with Crippen LogP contribution in [0.15, 0.2) is 121 Å². The topological polar surface area (TPSA) is 44.3 Å². The Morgan fingerprint density at radius 1 is 0.689 bits per heavy atom. The van der Waals surface area contributed by atoms with E-state index in [1.807, 2.05) is 18.3 Å². The van der Waals surface area contributed by atoms with Crippen molar-refractivity contribution in [3.8, 4) is 33.8 Å². The molecule has 1 aliphatic heterocycles. The van der Waals surface area contributed by atoms with E-state index in [4.69, 9.17) is 4.98 Å². The Morgan fingerprint density at radius 2 is 1.33 bits per heavy atom. The molecular weight excluding hydrogens is 928 g/mol. The maximum atomic E-state index is 12.2.